The van der Waals surface area contributed by atoms with Crippen molar-refractivity contribution in [2.24, 2.45) is 5.92 Å². The monoisotopic (exact) mass is 274 g/mol. The predicted molar refractivity (Wildman–Crippen MR) is 74.6 cm³/mol. The fourth-order valence-corrected chi connectivity index (χ4v) is 3.66. The van der Waals surface area contributed by atoms with E-state index in [1.807, 2.05) is 6.07 Å². The molecule has 0 radical (unpaired) electrons. The Hall–Kier alpha value is 0.0200. The zero-order valence-corrected chi connectivity index (χ0v) is 11.5. The molecule has 2 rings (SSSR count). The lowest BCUT2D eigenvalue weighted by Crippen LogP contribution is -2.09. The molecule has 0 N–H and O–H groups in total. The van der Waals surface area contributed by atoms with Gasteiger partial charge in [0, 0.05) is 10.8 Å². The molecule has 1 aliphatic rings. The highest BCUT2D eigenvalue weighted by molar-refractivity contribution is 7.17. The van der Waals surface area contributed by atoms with Gasteiger partial charge in [-0.2, -0.15) is 0 Å². The van der Waals surface area contributed by atoms with Crippen molar-refractivity contribution in [3.63, 3.8) is 0 Å². The molecule has 3 heteroatoms. The van der Waals surface area contributed by atoms with E-state index in [2.05, 4.69) is 12.1 Å². The van der Waals surface area contributed by atoms with E-state index in [0.717, 1.165) is 4.34 Å². The first-order valence-electron chi connectivity index (χ1n) is 5.81. The summed E-state index contributed by atoms with van der Waals surface area (Å²) in [5.41, 5.74) is 1.39. The molecule has 0 atom stereocenters. The zero-order chi connectivity index (χ0) is 11.4. The molecule has 1 heterocycles. The first-order chi connectivity index (χ1) is 7.79. The number of hydrogen-bond donors (Lipinski definition) is 0. The Morgan fingerprint density at radius 3 is 2.62 bits per heavy atom. The van der Waals surface area contributed by atoms with Gasteiger partial charge in [-0.15, -0.1) is 22.9 Å². The molecular formula is C13H16Cl2S. The van der Waals surface area contributed by atoms with Crippen LogP contribution in [0.5, 0.6) is 0 Å². The van der Waals surface area contributed by atoms with Gasteiger partial charge in [-0.1, -0.05) is 36.4 Å². The summed E-state index contributed by atoms with van der Waals surface area (Å²) in [7, 11) is 0. The Kier molecular flexibility index (Phi) is 4.75. The van der Waals surface area contributed by atoms with Crippen molar-refractivity contribution in [2.75, 3.05) is 5.88 Å². The van der Waals surface area contributed by atoms with Crippen LogP contribution in [0.3, 0.4) is 0 Å². The van der Waals surface area contributed by atoms with Crippen molar-refractivity contribution in [3.05, 3.63) is 26.9 Å². The minimum Gasteiger partial charge on any atom is -0.124 e. The predicted octanol–water partition coefficient (Wildman–Crippen LogP) is 5.60. The first kappa shape index (κ1) is 12.5. The van der Waals surface area contributed by atoms with E-state index >= 15 is 0 Å². The standard InChI is InChI=1S/C13H16Cl2S/c14-9-11(10-4-2-1-3-5-10)8-12-6-7-13(15)16-12/h6-8,10H,1-5,9H2. The quantitative estimate of drug-likeness (QED) is 0.629. The van der Waals surface area contributed by atoms with Gasteiger partial charge in [0.05, 0.1) is 4.34 Å². The molecule has 0 saturated heterocycles. The van der Waals surface area contributed by atoms with Crippen molar-refractivity contribution in [1.82, 2.24) is 0 Å². The van der Waals surface area contributed by atoms with Gasteiger partial charge >= 0.3 is 0 Å². The van der Waals surface area contributed by atoms with E-state index in [1.165, 1.54) is 42.6 Å². The summed E-state index contributed by atoms with van der Waals surface area (Å²) >= 11 is 13.6. The number of hydrogen-bond acceptors (Lipinski definition) is 1. The number of rotatable bonds is 3. The smallest absolute Gasteiger partial charge is 0.0934 e. The molecule has 1 aromatic rings. The molecule has 0 aliphatic heterocycles. The highest BCUT2D eigenvalue weighted by Crippen LogP contribution is 2.33. The topological polar surface area (TPSA) is 0 Å². The number of thiophene rings is 1. The number of halogens is 2. The molecule has 1 saturated carbocycles. The largest absolute Gasteiger partial charge is 0.124 e. The van der Waals surface area contributed by atoms with Gasteiger partial charge in [0.1, 0.15) is 0 Å². The van der Waals surface area contributed by atoms with Crippen LogP contribution in [-0.2, 0) is 0 Å². The highest BCUT2D eigenvalue weighted by Gasteiger charge is 2.17. The summed E-state index contributed by atoms with van der Waals surface area (Å²) in [6.45, 7) is 0. The maximum atomic E-state index is 6.06. The summed E-state index contributed by atoms with van der Waals surface area (Å²) in [4.78, 5) is 1.23. The fraction of sp³-hybridized carbons (Fsp3) is 0.538. The second-order valence-electron chi connectivity index (χ2n) is 4.33. The Bertz CT molecular complexity index is 362. The van der Waals surface area contributed by atoms with Crippen molar-refractivity contribution >= 4 is 40.6 Å². The van der Waals surface area contributed by atoms with Gasteiger partial charge in [-0.3, -0.25) is 0 Å². The maximum absolute atomic E-state index is 6.06. The Labute approximate surface area is 111 Å². The van der Waals surface area contributed by atoms with Crippen LogP contribution in [0.25, 0.3) is 6.08 Å². The maximum Gasteiger partial charge on any atom is 0.0934 e. The lowest BCUT2D eigenvalue weighted by atomic mass is 9.84. The summed E-state index contributed by atoms with van der Waals surface area (Å²) in [6.07, 6.45) is 8.93. The van der Waals surface area contributed by atoms with Crippen LogP contribution in [-0.4, -0.2) is 5.88 Å². The van der Waals surface area contributed by atoms with Crippen LogP contribution < -0.4 is 0 Å². The third-order valence-corrected chi connectivity index (χ3v) is 4.69. The number of alkyl halides is 1. The molecule has 0 unspecified atom stereocenters. The summed E-state index contributed by atoms with van der Waals surface area (Å²) in [5, 5.41) is 0. The molecule has 0 nitrogen and oxygen atoms in total. The van der Waals surface area contributed by atoms with Crippen molar-refractivity contribution in [2.45, 2.75) is 32.1 Å². The van der Waals surface area contributed by atoms with Gasteiger partial charge in [-0.05, 0) is 37.0 Å². The molecule has 1 aliphatic carbocycles. The van der Waals surface area contributed by atoms with Crippen LogP contribution >= 0.6 is 34.5 Å². The van der Waals surface area contributed by atoms with E-state index < -0.39 is 0 Å². The second kappa shape index (κ2) is 6.09. The van der Waals surface area contributed by atoms with E-state index in [4.69, 9.17) is 23.2 Å². The average Bonchev–Trinajstić information content (AvgIpc) is 2.73. The molecular weight excluding hydrogens is 259 g/mol. The minimum atomic E-state index is 0.653. The second-order valence-corrected chi connectivity index (χ2v) is 6.34. The Morgan fingerprint density at radius 1 is 1.31 bits per heavy atom. The normalized spacial score (nSPS) is 19.0. The lowest BCUT2D eigenvalue weighted by Gasteiger charge is -2.23. The lowest BCUT2D eigenvalue weighted by molar-refractivity contribution is 0.405. The van der Waals surface area contributed by atoms with Crippen LogP contribution in [0.1, 0.15) is 37.0 Å². The van der Waals surface area contributed by atoms with Crippen molar-refractivity contribution in [1.29, 1.82) is 0 Å². The van der Waals surface area contributed by atoms with Crippen molar-refractivity contribution < 1.29 is 0 Å². The molecule has 88 valence electrons. The average molecular weight is 275 g/mol. The SMILES string of the molecule is ClCC(=Cc1ccc(Cl)s1)C1CCCCC1. The fourth-order valence-electron chi connectivity index (χ4n) is 2.33. The Balaban J connectivity index is 2.11. The van der Waals surface area contributed by atoms with Gasteiger partial charge in [0.2, 0.25) is 0 Å². The van der Waals surface area contributed by atoms with Crippen LogP contribution in [0.2, 0.25) is 4.34 Å². The first-order valence-corrected chi connectivity index (χ1v) is 7.54. The van der Waals surface area contributed by atoms with Crippen LogP contribution in [0.4, 0.5) is 0 Å². The highest BCUT2D eigenvalue weighted by atomic mass is 35.5. The summed E-state index contributed by atoms with van der Waals surface area (Å²) in [5.74, 6) is 1.35. The molecule has 0 amide bonds. The van der Waals surface area contributed by atoms with Gasteiger partial charge in [-0.25, -0.2) is 0 Å². The number of allylic oxidation sites excluding steroid dienone is 1. The summed E-state index contributed by atoms with van der Waals surface area (Å²) < 4.78 is 0.851. The van der Waals surface area contributed by atoms with E-state index in [9.17, 15) is 0 Å². The third kappa shape index (κ3) is 3.26. The van der Waals surface area contributed by atoms with Gasteiger partial charge in [0.25, 0.3) is 0 Å². The zero-order valence-electron chi connectivity index (χ0n) is 9.22. The van der Waals surface area contributed by atoms with Gasteiger partial charge in [0.15, 0.2) is 0 Å². The molecule has 1 fully saturated rings. The van der Waals surface area contributed by atoms with Crippen LogP contribution in [0.15, 0.2) is 17.7 Å². The minimum absolute atomic E-state index is 0.653. The van der Waals surface area contributed by atoms with E-state index in [1.54, 1.807) is 11.3 Å². The molecule has 16 heavy (non-hydrogen) atoms. The van der Waals surface area contributed by atoms with Gasteiger partial charge < -0.3 is 0 Å². The third-order valence-electron chi connectivity index (χ3n) is 3.21. The summed E-state index contributed by atoms with van der Waals surface area (Å²) in [6, 6.07) is 4.02. The molecule has 0 spiro atoms. The van der Waals surface area contributed by atoms with E-state index in [0.29, 0.717) is 11.8 Å². The van der Waals surface area contributed by atoms with Crippen LogP contribution in [0, 0.1) is 5.92 Å². The van der Waals surface area contributed by atoms with Crippen molar-refractivity contribution in [3.8, 4) is 0 Å². The molecule has 0 aromatic carbocycles. The Morgan fingerprint density at radius 2 is 2.06 bits per heavy atom. The van der Waals surface area contributed by atoms with E-state index in [-0.39, 0.29) is 0 Å². The molecule has 1 aromatic heterocycles. The molecule has 0 bridgehead atoms.